The largest absolute Gasteiger partial charge is 0.496 e. The number of carbonyl (C=O) groups excluding carboxylic acids is 1. The smallest absolute Gasteiger partial charge is 0.276 e. The highest BCUT2D eigenvalue weighted by molar-refractivity contribution is 6.03. The Morgan fingerprint density at radius 3 is 2.77 bits per heavy atom. The number of hydrogen-bond donors (Lipinski definition) is 1. The molecule has 26 heavy (non-hydrogen) atoms. The molecule has 0 aliphatic rings. The first-order chi connectivity index (χ1) is 12.7. The first kappa shape index (κ1) is 17.4. The summed E-state index contributed by atoms with van der Waals surface area (Å²) < 4.78 is 6.85. The summed E-state index contributed by atoms with van der Waals surface area (Å²) in [6.45, 7) is 2.34. The molecule has 3 aromatic rings. The van der Waals surface area contributed by atoms with E-state index in [2.05, 4.69) is 10.5 Å². The predicted molar refractivity (Wildman–Crippen MR) is 102 cm³/mol. The predicted octanol–water partition coefficient (Wildman–Crippen LogP) is 2.79. The Kier molecular flexibility index (Phi) is 5.12. The molecule has 0 unspecified atom stereocenters. The molecule has 0 radical (unpaired) electrons. The first-order valence-electron chi connectivity index (χ1n) is 8.24. The molecule has 3 rings (SSSR count). The van der Waals surface area contributed by atoms with Gasteiger partial charge in [-0.2, -0.15) is 5.10 Å². The Morgan fingerprint density at radius 1 is 1.19 bits per heavy atom. The minimum atomic E-state index is -0.548. The van der Waals surface area contributed by atoms with Crippen LogP contribution >= 0.6 is 0 Å². The van der Waals surface area contributed by atoms with Crippen LogP contribution < -0.4 is 15.7 Å². The highest BCUT2D eigenvalue weighted by atomic mass is 16.5. The van der Waals surface area contributed by atoms with Gasteiger partial charge in [0.2, 0.25) is 0 Å². The van der Waals surface area contributed by atoms with Gasteiger partial charge in [0.05, 0.1) is 13.3 Å². The van der Waals surface area contributed by atoms with Crippen molar-refractivity contribution < 1.29 is 9.53 Å². The summed E-state index contributed by atoms with van der Waals surface area (Å²) in [5.74, 6) is 0.100. The van der Waals surface area contributed by atoms with Crippen LogP contribution in [0, 0.1) is 0 Å². The molecule has 0 aliphatic carbocycles. The monoisotopic (exact) mass is 349 g/mol. The summed E-state index contributed by atoms with van der Waals surface area (Å²) in [4.78, 5) is 24.5. The van der Waals surface area contributed by atoms with Crippen LogP contribution in [0.25, 0.3) is 10.8 Å². The fraction of sp³-hybridized carbons (Fsp3) is 0.150. The van der Waals surface area contributed by atoms with Crippen LogP contribution in [0.1, 0.15) is 22.8 Å². The number of benzene rings is 2. The van der Waals surface area contributed by atoms with E-state index < -0.39 is 5.91 Å². The molecule has 0 bridgehead atoms. The van der Waals surface area contributed by atoms with Gasteiger partial charge < -0.3 is 9.30 Å². The van der Waals surface area contributed by atoms with Crippen molar-refractivity contribution in [2.75, 3.05) is 7.11 Å². The third kappa shape index (κ3) is 3.35. The van der Waals surface area contributed by atoms with Crippen molar-refractivity contribution in [3.05, 3.63) is 76.2 Å². The Bertz CT molecular complexity index is 1040. The number of rotatable bonds is 5. The maximum absolute atomic E-state index is 12.3. The van der Waals surface area contributed by atoms with Crippen molar-refractivity contribution in [2.24, 2.45) is 5.10 Å². The van der Waals surface area contributed by atoms with Gasteiger partial charge in [-0.15, -0.1) is 0 Å². The second-order valence-electron chi connectivity index (χ2n) is 5.61. The average molecular weight is 349 g/mol. The number of nitrogens with zero attached hydrogens (tertiary/aromatic N) is 2. The lowest BCUT2D eigenvalue weighted by Crippen LogP contribution is -2.30. The Morgan fingerprint density at radius 2 is 2.00 bits per heavy atom. The van der Waals surface area contributed by atoms with E-state index in [4.69, 9.17) is 4.74 Å². The normalized spacial score (nSPS) is 11.0. The third-order valence-electron chi connectivity index (χ3n) is 4.12. The molecule has 6 nitrogen and oxygen atoms in total. The minimum absolute atomic E-state index is 0.0522. The van der Waals surface area contributed by atoms with Crippen molar-refractivity contribution in [1.29, 1.82) is 0 Å². The number of fused-ring (bicyclic) bond motifs is 1. The van der Waals surface area contributed by atoms with Gasteiger partial charge in [-0.1, -0.05) is 30.3 Å². The van der Waals surface area contributed by atoms with Crippen molar-refractivity contribution >= 4 is 22.9 Å². The molecule has 0 saturated carbocycles. The summed E-state index contributed by atoms with van der Waals surface area (Å²) in [5, 5.41) is 6.01. The SMILES string of the molecule is CCn1cccc(C(=O)N/N=C\c2c(OC)ccc3ccccc23)c1=O. The van der Waals surface area contributed by atoms with Crippen LogP contribution in [0.5, 0.6) is 5.75 Å². The molecule has 1 amide bonds. The molecular weight excluding hydrogens is 330 g/mol. The molecule has 0 fully saturated rings. The van der Waals surface area contributed by atoms with Gasteiger partial charge in [0.1, 0.15) is 11.3 Å². The first-order valence-corrected chi connectivity index (χ1v) is 8.24. The van der Waals surface area contributed by atoms with Gasteiger partial charge in [-0.25, -0.2) is 5.43 Å². The maximum atomic E-state index is 12.3. The summed E-state index contributed by atoms with van der Waals surface area (Å²) in [7, 11) is 1.58. The fourth-order valence-electron chi connectivity index (χ4n) is 2.76. The molecule has 2 aromatic carbocycles. The molecule has 0 saturated heterocycles. The quantitative estimate of drug-likeness (QED) is 0.569. The summed E-state index contributed by atoms with van der Waals surface area (Å²) >= 11 is 0. The zero-order chi connectivity index (χ0) is 18.5. The van der Waals surface area contributed by atoms with Crippen LogP contribution in [0.15, 0.2) is 64.6 Å². The number of methoxy groups -OCH3 is 1. The summed E-state index contributed by atoms with van der Waals surface area (Å²) in [6, 6.07) is 14.8. The molecule has 1 aromatic heterocycles. The summed E-state index contributed by atoms with van der Waals surface area (Å²) in [5.41, 5.74) is 2.88. The lowest BCUT2D eigenvalue weighted by molar-refractivity contribution is 0.0953. The molecule has 132 valence electrons. The van der Waals surface area contributed by atoms with E-state index in [1.807, 2.05) is 43.3 Å². The molecular formula is C20H19N3O3. The number of amides is 1. The highest BCUT2D eigenvalue weighted by Crippen LogP contribution is 2.26. The average Bonchev–Trinajstić information content (AvgIpc) is 2.68. The zero-order valence-electron chi connectivity index (χ0n) is 14.6. The molecule has 0 atom stereocenters. The van der Waals surface area contributed by atoms with Crippen LogP contribution in [-0.4, -0.2) is 23.8 Å². The standard InChI is InChI=1S/C20H19N3O3/c1-3-23-12-6-9-16(20(23)25)19(24)22-21-13-17-15-8-5-4-7-14(15)10-11-18(17)26-2/h4-13H,3H2,1-2H3,(H,22,24)/b21-13-. The zero-order valence-corrected chi connectivity index (χ0v) is 14.6. The molecule has 1 heterocycles. The van der Waals surface area contributed by atoms with Gasteiger partial charge in [0, 0.05) is 18.3 Å². The number of aryl methyl sites for hydroxylation is 1. The van der Waals surface area contributed by atoms with Crippen molar-refractivity contribution in [1.82, 2.24) is 9.99 Å². The van der Waals surface area contributed by atoms with Gasteiger partial charge in [-0.3, -0.25) is 9.59 Å². The Hall–Kier alpha value is -3.41. The number of carbonyl (C=O) groups is 1. The number of aromatic nitrogens is 1. The minimum Gasteiger partial charge on any atom is -0.496 e. The van der Waals surface area contributed by atoms with Crippen LogP contribution in [0.2, 0.25) is 0 Å². The summed E-state index contributed by atoms with van der Waals surface area (Å²) in [6.07, 6.45) is 3.17. The van der Waals surface area contributed by atoms with E-state index in [1.54, 1.807) is 19.4 Å². The van der Waals surface area contributed by atoms with Gasteiger partial charge in [0.15, 0.2) is 0 Å². The molecule has 6 heteroatoms. The number of nitrogens with one attached hydrogen (secondary N) is 1. The Labute approximate surface area is 150 Å². The van der Waals surface area contributed by atoms with E-state index in [0.717, 1.165) is 16.3 Å². The van der Waals surface area contributed by atoms with Gasteiger partial charge in [-0.05, 0) is 35.9 Å². The van der Waals surface area contributed by atoms with E-state index in [-0.39, 0.29) is 11.1 Å². The van der Waals surface area contributed by atoms with Crippen molar-refractivity contribution in [3.63, 3.8) is 0 Å². The number of hydrazone groups is 1. The molecule has 0 spiro atoms. The van der Waals surface area contributed by atoms with E-state index in [1.165, 1.54) is 16.8 Å². The number of pyridine rings is 1. The lowest BCUT2D eigenvalue weighted by atomic mass is 10.0. The van der Waals surface area contributed by atoms with E-state index in [9.17, 15) is 9.59 Å². The lowest BCUT2D eigenvalue weighted by Gasteiger charge is -2.08. The fourth-order valence-corrected chi connectivity index (χ4v) is 2.76. The molecule has 0 aliphatic heterocycles. The van der Waals surface area contributed by atoms with Crippen LogP contribution in [0.4, 0.5) is 0 Å². The van der Waals surface area contributed by atoms with Crippen molar-refractivity contribution in [3.8, 4) is 5.75 Å². The number of hydrogen-bond acceptors (Lipinski definition) is 4. The third-order valence-corrected chi connectivity index (χ3v) is 4.12. The number of ether oxygens (including phenoxy) is 1. The van der Waals surface area contributed by atoms with Crippen LogP contribution in [0.3, 0.4) is 0 Å². The van der Waals surface area contributed by atoms with Gasteiger partial charge >= 0.3 is 0 Å². The van der Waals surface area contributed by atoms with Crippen molar-refractivity contribution in [2.45, 2.75) is 13.5 Å². The second kappa shape index (κ2) is 7.65. The second-order valence-corrected chi connectivity index (χ2v) is 5.61. The van der Waals surface area contributed by atoms with Gasteiger partial charge in [0.25, 0.3) is 11.5 Å². The maximum Gasteiger partial charge on any atom is 0.276 e. The van der Waals surface area contributed by atoms with Crippen LogP contribution in [-0.2, 0) is 6.54 Å². The van der Waals surface area contributed by atoms with E-state index >= 15 is 0 Å². The Balaban J connectivity index is 1.89. The molecule has 1 N–H and O–H groups in total. The van der Waals surface area contributed by atoms with E-state index in [0.29, 0.717) is 12.3 Å². The highest BCUT2D eigenvalue weighted by Gasteiger charge is 2.11. The topological polar surface area (TPSA) is 72.7 Å².